The summed E-state index contributed by atoms with van der Waals surface area (Å²) in [6.45, 7) is 5.73. The summed E-state index contributed by atoms with van der Waals surface area (Å²) in [5.41, 5.74) is 3.20. The number of rotatable bonds is 6. The number of aromatic nitrogens is 2. The summed E-state index contributed by atoms with van der Waals surface area (Å²) in [4.78, 5) is 12.3. The first-order valence-corrected chi connectivity index (χ1v) is 8.27. The van der Waals surface area contributed by atoms with Crippen molar-refractivity contribution in [3.63, 3.8) is 0 Å². The summed E-state index contributed by atoms with van der Waals surface area (Å²) in [7, 11) is 0. The summed E-state index contributed by atoms with van der Waals surface area (Å²) < 4.78 is 1.89. The fraction of sp³-hybridized carbons (Fsp3) is 0.389. The van der Waals surface area contributed by atoms with Gasteiger partial charge in [-0.15, -0.1) is 0 Å². The van der Waals surface area contributed by atoms with Crippen LogP contribution in [0.5, 0.6) is 0 Å². The average molecular weight is 325 g/mol. The van der Waals surface area contributed by atoms with Crippen molar-refractivity contribution in [2.24, 2.45) is 5.10 Å². The molecular weight excluding hydrogens is 302 g/mol. The molecule has 6 heteroatoms. The Bertz CT molecular complexity index is 722. The summed E-state index contributed by atoms with van der Waals surface area (Å²) >= 11 is 0. The Hall–Kier alpha value is -2.47. The molecule has 126 valence electrons. The second-order valence-electron chi connectivity index (χ2n) is 6.20. The number of carbonyl (C=O) groups is 1. The van der Waals surface area contributed by atoms with E-state index in [-0.39, 0.29) is 18.5 Å². The van der Waals surface area contributed by atoms with Crippen LogP contribution >= 0.6 is 0 Å². The van der Waals surface area contributed by atoms with Crippen LogP contribution in [0, 0.1) is 6.92 Å². The number of hydrogen-bond acceptors (Lipinski definition) is 4. The van der Waals surface area contributed by atoms with Crippen LogP contribution in [0.3, 0.4) is 0 Å². The predicted octanol–water partition coefficient (Wildman–Crippen LogP) is 1.81. The molecule has 1 aliphatic heterocycles. The highest BCUT2D eigenvalue weighted by Gasteiger charge is 2.21. The van der Waals surface area contributed by atoms with E-state index in [1.54, 1.807) is 5.01 Å². The Balaban J connectivity index is 1.49. The van der Waals surface area contributed by atoms with Gasteiger partial charge in [0.25, 0.3) is 5.91 Å². The lowest BCUT2D eigenvalue weighted by atomic mass is 10.1. The van der Waals surface area contributed by atoms with Gasteiger partial charge in [0.05, 0.1) is 31.5 Å². The normalized spacial score (nSPS) is 15.4. The van der Waals surface area contributed by atoms with Crippen molar-refractivity contribution < 1.29 is 4.79 Å². The first kappa shape index (κ1) is 16.4. The number of hydrogen-bond donors (Lipinski definition) is 1. The van der Waals surface area contributed by atoms with E-state index in [9.17, 15) is 4.79 Å². The lowest BCUT2D eigenvalue weighted by Crippen LogP contribution is -2.39. The summed E-state index contributed by atoms with van der Waals surface area (Å²) in [6.07, 6.45) is 4.64. The lowest BCUT2D eigenvalue weighted by Gasteiger charge is -2.16. The molecule has 2 heterocycles. The van der Waals surface area contributed by atoms with Crippen molar-refractivity contribution in [3.05, 3.63) is 53.9 Å². The molecule has 1 aromatic carbocycles. The van der Waals surface area contributed by atoms with E-state index in [1.165, 1.54) is 0 Å². The van der Waals surface area contributed by atoms with Crippen molar-refractivity contribution in [3.8, 4) is 0 Å². The molecule has 2 aromatic rings. The van der Waals surface area contributed by atoms with E-state index in [1.807, 2.05) is 61.3 Å². The maximum absolute atomic E-state index is 12.3. The number of carbonyl (C=O) groups excluding carboxylic acids is 1. The quantitative estimate of drug-likeness (QED) is 0.881. The third-order valence-corrected chi connectivity index (χ3v) is 4.02. The van der Waals surface area contributed by atoms with Gasteiger partial charge in [-0.1, -0.05) is 30.3 Å². The first-order chi connectivity index (χ1) is 11.6. The molecule has 1 aromatic heterocycles. The fourth-order valence-corrected chi connectivity index (χ4v) is 2.74. The van der Waals surface area contributed by atoms with E-state index in [0.717, 1.165) is 29.8 Å². The number of nitrogens with zero attached hydrogens (tertiary/aromatic N) is 4. The van der Waals surface area contributed by atoms with Gasteiger partial charge >= 0.3 is 0 Å². The lowest BCUT2D eigenvalue weighted by molar-refractivity contribution is -0.129. The molecule has 0 spiro atoms. The standard InChI is InChI=1S/C18H23N5O/c1-14-10-20-22(12-14)13-15(2)19-11-18(24)23-9-8-17(21-23)16-6-4-3-5-7-16/h3-7,10,12,15,19H,8-9,11,13H2,1-2H3/t15-/m0/s1. The minimum absolute atomic E-state index is 0.00410. The summed E-state index contributed by atoms with van der Waals surface area (Å²) in [5, 5.41) is 13.5. The van der Waals surface area contributed by atoms with Crippen LogP contribution in [0.15, 0.2) is 47.8 Å². The Morgan fingerprint density at radius 1 is 1.33 bits per heavy atom. The molecule has 24 heavy (non-hydrogen) atoms. The molecule has 1 amide bonds. The molecule has 1 aliphatic rings. The van der Waals surface area contributed by atoms with Crippen molar-refractivity contribution in [2.75, 3.05) is 13.1 Å². The van der Waals surface area contributed by atoms with E-state index in [4.69, 9.17) is 0 Å². The number of hydrazone groups is 1. The summed E-state index contributed by atoms with van der Waals surface area (Å²) in [6, 6.07) is 10.2. The van der Waals surface area contributed by atoms with Gasteiger partial charge in [0.2, 0.25) is 0 Å². The molecule has 3 rings (SSSR count). The minimum atomic E-state index is 0.00410. The van der Waals surface area contributed by atoms with Crippen molar-refractivity contribution in [1.29, 1.82) is 0 Å². The molecule has 1 N–H and O–H groups in total. The van der Waals surface area contributed by atoms with Gasteiger partial charge in [0.1, 0.15) is 0 Å². The van der Waals surface area contributed by atoms with Gasteiger partial charge in [0.15, 0.2) is 0 Å². The maximum atomic E-state index is 12.3. The Morgan fingerprint density at radius 3 is 2.83 bits per heavy atom. The molecule has 0 bridgehead atoms. The van der Waals surface area contributed by atoms with Gasteiger partial charge in [0, 0.05) is 18.7 Å². The average Bonchev–Trinajstić information content (AvgIpc) is 3.23. The molecule has 0 saturated heterocycles. The molecule has 0 aliphatic carbocycles. The minimum Gasteiger partial charge on any atom is -0.304 e. The zero-order chi connectivity index (χ0) is 16.9. The summed E-state index contributed by atoms with van der Waals surface area (Å²) in [5.74, 6) is 0.00410. The predicted molar refractivity (Wildman–Crippen MR) is 93.7 cm³/mol. The van der Waals surface area contributed by atoms with Crippen LogP contribution < -0.4 is 5.32 Å². The van der Waals surface area contributed by atoms with Gasteiger partial charge in [-0.2, -0.15) is 10.2 Å². The van der Waals surface area contributed by atoms with E-state index >= 15 is 0 Å². The smallest absolute Gasteiger partial charge is 0.256 e. The number of amides is 1. The van der Waals surface area contributed by atoms with Gasteiger partial charge in [-0.3, -0.25) is 9.48 Å². The third-order valence-electron chi connectivity index (χ3n) is 4.02. The highest BCUT2D eigenvalue weighted by molar-refractivity contribution is 6.02. The van der Waals surface area contributed by atoms with Crippen LogP contribution in [0.25, 0.3) is 0 Å². The van der Waals surface area contributed by atoms with E-state index in [0.29, 0.717) is 6.54 Å². The monoisotopic (exact) mass is 325 g/mol. The number of aryl methyl sites for hydroxylation is 1. The molecular formula is C18H23N5O. The molecule has 1 atom stereocenters. The van der Waals surface area contributed by atoms with Crippen LogP contribution in [0.4, 0.5) is 0 Å². The molecule has 6 nitrogen and oxygen atoms in total. The molecule has 0 saturated carbocycles. The zero-order valence-electron chi connectivity index (χ0n) is 14.1. The highest BCUT2D eigenvalue weighted by atomic mass is 16.2. The number of nitrogens with one attached hydrogen (secondary N) is 1. The topological polar surface area (TPSA) is 62.5 Å². The van der Waals surface area contributed by atoms with Crippen LogP contribution in [-0.2, 0) is 11.3 Å². The van der Waals surface area contributed by atoms with Crippen LogP contribution in [0.2, 0.25) is 0 Å². The van der Waals surface area contributed by atoms with E-state index in [2.05, 4.69) is 15.5 Å². The SMILES string of the molecule is Cc1cnn(C[C@H](C)NCC(=O)N2CCC(c3ccccc3)=N2)c1. The van der Waals surface area contributed by atoms with Crippen molar-refractivity contribution >= 4 is 11.6 Å². The van der Waals surface area contributed by atoms with Crippen molar-refractivity contribution in [2.45, 2.75) is 32.9 Å². The first-order valence-electron chi connectivity index (χ1n) is 8.27. The van der Waals surface area contributed by atoms with Gasteiger partial charge < -0.3 is 5.32 Å². The molecule has 0 unspecified atom stereocenters. The molecule has 0 fully saturated rings. The maximum Gasteiger partial charge on any atom is 0.256 e. The van der Waals surface area contributed by atoms with Crippen LogP contribution in [-0.4, -0.2) is 45.5 Å². The van der Waals surface area contributed by atoms with Crippen molar-refractivity contribution in [1.82, 2.24) is 20.1 Å². The Morgan fingerprint density at radius 2 is 2.12 bits per heavy atom. The Labute approximate surface area is 142 Å². The van der Waals surface area contributed by atoms with Crippen LogP contribution in [0.1, 0.15) is 24.5 Å². The fourth-order valence-electron chi connectivity index (χ4n) is 2.74. The van der Waals surface area contributed by atoms with Gasteiger partial charge in [-0.25, -0.2) is 5.01 Å². The van der Waals surface area contributed by atoms with E-state index < -0.39 is 0 Å². The highest BCUT2D eigenvalue weighted by Crippen LogP contribution is 2.13. The largest absolute Gasteiger partial charge is 0.304 e. The second-order valence-corrected chi connectivity index (χ2v) is 6.20. The third kappa shape index (κ3) is 4.08. The second kappa shape index (κ2) is 7.40. The van der Waals surface area contributed by atoms with Gasteiger partial charge in [-0.05, 0) is 25.0 Å². The molecule has 0 radical (unpaired) electrons. The zero-order valence-corrected chi connectivity index (χ0v) is 14.1. The Kier molecular flexibility index (Phi) is 5.05. The number of benzene rings is 1.